The first-order valence-electron chi connectivity index (χ1n) is 12.4. The van der Waals surface area contributed by atoms with E-state index in [4.69, 9.17) is 21.1 Å². The van der Waals surface area contributed by atoms with Crippen LogP contribution in [0.25, 0.3) is 0 Å². The van der Waals surface area contributed by atoms with Gasteiger partial charge in [0.2, 0.25) is 0 Å². The van der Waals surface area contributed by atoms with E-state index in [2.05, 4.69) is 42.7 Å². The van der Waals surface area contributed by atoms with Gasteiger partial charge in [-0.3, -0.25) is 9.69 Å². The minimum Gasteiger partial charge on any atom is -0.462 e. The van der Waals surface area contributed by atoms with Crippen molar-refractivity contribution in [2.24, 2.45) is 23.2 Å². The Balaban J connectivity index is 1.15. The fourth-order valence-electron chi connectivity index (χ4n) is 7.82. The smallest absolute Gasteiger partial charge is 0.311 e. The molecule has 3 aliphatic heterocycles. The number of ether oxygens (including phenoxy) is 2. The first-order valence-corrected chi connectivity index (χ1v) is 12.8. The number of fused-ring (bicyclic) bond motifs is 2. The van der Waals surface area contributed by atoms with Gasteiger partial charge in [-0.2, -0.15) is 0 Å². The lowest BCUT2D eigenvalue weighted by molar-refractivity contribution is -0.146. The average molecular weight is 459 g/mol. The first-order chi connectivity index (χ1) is 15.3. The zero-order valence-electron chi connectivity index (χ0n) is 19.5. The Morgan fingerprint density at radius 3 is 2.78 bits per heavy atom. The molecule has 0 radical (unpaired) electrons. The molecule has 1 aromatic carbocycles. The fraction of sp³-hybridized carbons (Fsp3) is 0.731. The van der Waals surface area contributed by atoms with Crippen LogP contribution in [0.4, 0.5) is 5.69 Å². The molecule has 32 heavy (non-hydrogen) atoms. The number of nitrogens with zero attached hydrogens (tertiary/aromatic N) is 2. The van der Waals surface area contributed by atoms with Crippen LogP contribution in [-0.2, 0) is 14.3 Å². The molecule has 1 aromatic rings. The number of aryl methyl sites for hydroxylation is 1. The van der Waals surface area contributed by atoms with Gasteiger partial charge < -0.3 is 14.4 Å². The predicted octanol–water partition coefficient (Wildman–Crippen LogP) is 4.30. The van der Waals surface area contributed by atoms with Crippen LogP contribution in [0.15, 0.2) is 18.2 Å². The van der Waals surface area contributed by atoms with Gasteiger partial charge in [0.1, 0.15) is 11.7 Å². The zero-order valence-corrected chi connectivity index (χ0v) is 20.2. The van der Waals surface area contributed by atoms with Crippen molar-refractivity contribution in [3.05, 3.63) is 28.8 Å². The number of hydrogen-bond acceptors (Lipinski definition) is 5. The van der Waals surface area contributed by atoms with Gasteiger partial charge in [0, 0.05) is 54.8 Å². The first kappa shape index (κ1) is 21.2. The third-order valence-electron chi connectivity index (χ3n) is 9.53. The lowest BCUT2D eigenvalue weighted by atomic mass is 9.53. The van der Waals surface area contributed by atoms with Crippen LogP contribution in [0.5, 0.6) is 0 Å². The molecule has 2 aliphatic carbocycles. The van der Waals surface area contributed by atoms with Gasteiger partial charge in [-0.05, 0) is 49.8 Å². The lowest BCUT2D eigenvalue weighted by Gasteiger charge is -2.49. The Bertz CT molecular complexity index is 932. The molecule has 5 fully saturated rings. The summed E-state index contributed by atoms with van der Waals surface area (Å²) in [7, 11) is 0. The normalized spacial score (nSPS) is 43.3. The van der Waals surface area contributed by atoms with Crippen LogP contribution < -0.4 is 4.90 Å². The number of carbonyl (C=O) groups is 1. The molecule has 2 saturated carbocycles. The van der Waals surface area contributed by atoms with Crippen molar-refractivity contribution in [3.8, 4) is 0 Å². The summed E-state index contributed by atoms with van der Waals surface area (Å²) in [5.74, 6) is 0.758. The number of piperazine rings is 1. The topological polar surface area (TPSA) is 45.3 Å². The highest BCUT2D eigenvalue weighted by atomic mass is 35.5. The molecule has 0 aromatic heterocycles. The summed E-state index contributed by atoms with van der Waals surface area (Å²) >= 11 is 6.24. The average Bonchev–Trinajstić information content (AvgIpc) is 3.45. The van der Waals surface area contributed by atoms with Crippen molar-refractivity contribution in [1.29, 1.82) is 0 Å². The second-order valence-corrected chi connectivity index (χ2v) is 11.7. The van der Waals surface area contributed by atoms with E-state index in [9.17, 15) is 4.79 Å². The molecule has 0 unspecified atom stereocenters. The number of halogens is 1. The standard InChI is InChI=1S/C26H35ClN2O3/c1-16-6-7-18(27)13-20(16)29-11-9-28(10-12-29)15-19-22-21(31-24(19)30)14-25(3)8-4-5-17(2)26(25)23(22)32-26/h6-7,13,17,19,21-23H,4-5,8-12,14-15H2,1-3H3/t17-,19-,21+,22+,23-,25+,26-/m0/s1. The van der Waals surface area contributed by atoms with E-state index >= 15 is 0 Å². The summed E-state index contributed by atoms with van der Waals surface area (Å²) in [6, 6.07) is 6.11. The fourth-order valence-corrected chi connectivity index (χ4v) is 7.98. The van der Waals surface area contributed by atoms with E-state index in [1.54, 1.807) is 0 Å². The number of carbonyl (C=O) groups excluding carboxylic acids is 1. The van der Waals surface area contributed by atoms with E-state index < -0.39 is 0 Å². The van der Waals surface area contributed by atoms with Crippen LogP contribution in [0.2, 0.25) is 5.02 Å². The van der Waals surface area contributed by atoms with Gasteiger partial charge in [-0.15, -0.1) is 0 Å². The summed E-state index contributed by atoms with van der Waals surface area (Å²) in [6.07, 6.45) is 4.92. The molecule has 6 heteroatoms. The molecule has 0 bridgehead atoms. The number of benzene rings is 1. The molecular weight excluding hydrogens is 424 g/mol. The van der Waals surface area contributed by atoms with Gasteiger partial charge in [-0.1, -0.05) is 37.9 Å². The number of anilines is 1. The van der Waals surface area contributed by atoms with Crippen molar-refractivity contribution >= 4 is 23.3 Å². The second kappa shape index (κ2) is 7.35. The van der Waals surface area contributed by atoms with Crippen LogP contribution >= 0.6 is 11.6 Å². The van der Waals surface area contributed by atoms with Crippen molar-refractivity contribution in [3.63, 3.8) is 0 Å². The van der Waals surface area contributed by atoms with Crippen molar-refractivity contribution < 1.29 is 14.3 Å². The number of hydrogen-bond donors (Lipinski definition) is 0. The molecule has 5 aliphatic rings. The summed E-state index contributed by atoms with van der Waals surface area (Å²) in [5.41, 5.74) is 2.63. The third kappa shape index (κ3) is 3.00. The minimum absolute atomic E-state index is 0.00802. The number of epoxide rings is 1. The van der Waals surface area contributed by atoms with Gasteiger partial charge in [0.15, 0.2) is 0 Å². The highest BCUT2D eigenvalue weighted by Gasteiger charge is 2.78. The highest BCUT2D eigenvalue weighted by molar-refractivity contribution is 6.30. The molecule has 0 N–H and O–H groups in total. The SMILES string of the molecule is Cc1ccc(Cl)cc1N1CCN(C[C@@H]2C(=O)O[C@@H]3C[C@@]4(C)CCC[C@H](C)[C@@]45O[C@H]5[C@H]23)CC1. The van der Waals surface area contributed by atoms with Crippen molar-refractivity contribution in [1.82, 2.24) is 4.90 Å². The van der Waals surface area contributed by atoms with Gasteiger partial charge in [-0.25, -0.2) is 0 Å². The number of rotatable bonds is 3. The van der Waals surface area contributed by atoms with Gasteiger partial charge >= 0.3 is 5.97 Å². The highest BCUT2D eigenvalue weighted by Crippen LogP contribution is 2.70. The molecule has 1 spiro atoms. The van der Waals surface area contributed by atoms with Crippen molar-refractivity contribution in [2.75, 3.05) is 37.6 Å². The molecule has 174 valence electrons. The minimum atomic E-state index is -0.0532. The van der Waals surface area contributed by atoms with E-state index in [1.807, 2.05) is 6.07 Å². The molecule has 6 rings (SSSR count). The molecular formula is C26H35ClN2O3. The van der Waals surface area contributed by atoms with Crippen molar-refractivity contribution in [2.45, 2.75) is 64.3 Å². The van der Waals surface area contributed by atoms with Crippen LogP contribution in [0, 0.1) is 30.1 Å². The maximum Gasteiger partial charge on any atom is 0.311 e. The monoisotopic (exact) mass is 458 g/mol. The maximum absolute atomic E-state index is 13.0. The summed E-state index contributed by atoms with van der Waals surface area (Å²) in [6.45, 7) is 11.5. The predicted molar refractivity (Wildman–Crippen MR) is 125 cm³/mol. The summed E-state index contributed by atoms with van der Waals surface area (Å²) in [4.78, 5) is 17.9. The zero-order chi connectivity index (χ0) is 22.3. The summed E-state index contributed by atoms with van der Waals surface area (Å²) in [5, 5.41) is 0.785. The quantitative estimate of drug-likeness (QED) is 0.499. The maximum atomic E-state index is 13.0. The van der Waals surface area contributed by atoms with Crippen LogP contribution in [-0.4, -0.2) is 61.4 Å². The molecule has 5 nitrogen and oxygen atoms in total. The Morgan fingerprint density at radius 1 is 1.22 bits per heavy atom. The van der Waals surface area contributed by atoms with E-state index in [-0.39, 0.29) is 41.0 Å². The molecule has 3 heterocycles. The Kier molecular flexibility index (Phi) is 4.88. The molecule has 3 saturated heterocycles. The van der Waals surface area contributed by atoms with Gasteiger partial charge in [0.25, 0.3) is 0 Å². The number of esters is 1. The lowest BCUT2D eigenvalue weighted by Crippen LogP contribution is -2.55. The molecule has 0 amide bonds. The Hall–Kier alpha value is -1.30. The Labute approximate surface area is 196 Å². The third-order valence-corrected chi connectivity index (χ3v) is 9.77. The second-order valence-electron chi connectivity index (χ2n) is 11.3. The largest absolute Gasteiger partial charge is 0.462 e. The van der Waals surface area contributed by atoms with Gasteiger partial charge in [0.05, 0.1) is 12.0 Å². The van der Waals surface area contributed by atoms with E-state index in [0.29, 0.717) is 5.92 Å². The molecule has 7 atom stereocenters. The van der Waals surface area contributed by atoms with E-state index in [0.717, 1.165) is 44.2 Å². The van der Waals surface area contributed by atoms with Crippen LogP contribution in [0.3, 0.4) is 0 Å². The summed E-state index contributed by atoms with van der Waals surface area (Å²) < 4.78 is 12.6. The van der Waals surface area contributed by atoms with Crippen LogP contribution in [0.1, 0.15) is 45.1 Å². The Morgan fingerprint density at radius 2 is 2.00 bits per heavy atom. The van der Waals surface area contributed by atoms with E-state index in [1.165, 1.54) is 30.5 Å².